The molecule has 0 bridgehead atoms. The van der Waals surface area contributed by atoms with E-state index in [1.54, 1.807) is 0 Å². The molecule has 3 heteroatoms. The van der Waals surface area contributed by atoms with E-state index in [0.717, 1.165) is 22.8 Å². The maximum absolute atomic E-state index is 5.35. The van der Waals surface area contributed by atoms with Crippen LogP contribution in [0, 0.1) is 0 Å². The number of hydrogen-bond acceptors (Lipinski definition) is 2. The van der Waals surface area contributed by atoms with Gasteiger partial charge >= 0.3 is 0 Å². The van der Waals surface area contributed by atoms with Crippen molar-refractivity contribution < 1.29 is 14.0 Å². The Morgan fingerprint density at radius 3 is 2.83 bits per heavy atom. The monoisotopic (exact) mass is 240 g/mol. The van der Waals surface area contributed by atoms with Crippen molar-refractivity contribution in [3.8, 4) is 11.5 Å². The van der Waals surface area contributed by atoms with E-state index in [4.69, 9.17) is 9.47 Å². The summed E-state index contributed by atoms with van der Waals surface area (Å²) < 4.78 is 12.7. The number of benzene rings is 1. The molecule has 3 rings (SSSR count). The second-order valence-electron chi connectivity index (χ2n) is 4.18. The van der Waals surface area contributed by atoms with Crippen LogP contribution in [-0.4, -0.2) is 6.79 Å². The molecular weight excluding hydrogens is 226 g/mol. The normalized spacial score (nSPS) is 13.2. The van der Waals surface area contributed by atoms with E-state index in [0.29, 0.717) is 6.79 Å². The summed E-state index contributed by atoms with van der Waals surface area (Å²) in [6.07, 6.45) is 6.17. The summed E-state index contributed by atoms with van der Waals surface area (Å²) in [6.45, 7) is 0.316. The van der Waals surface area contributed by atoms with E-state index in [1.807, 2.05) is 43.6 Å². The minimum Gasteiger partial charge on any atom is -0.454 e. The number of rotatable bonds is 2. The summed E-state index contributed by atoms with van der Waals surface area (Å²) in [5.41, 5.74) is 2.25. The van der Waals surface area contributed by atoms with Crippen LogP contribution in [0.2, 0.25) is 0 Å². The zero-order valence-corrected chi connectivity index (χ0v) is 10.2. The van der Waals surface area contributed by atoms with Crippen molar-refractivity contribution in [1.82, 2.24) is 0 Å². The molecule has 1 aromatic heterocycles. The molecule has 0 aliphatic carbocycles. The number of aryl methyl sites for hydroxylation is 1. The van der Waals surface area contributed by atoms with Gasteiger partial charge in [0, 0.05) is 18.2 Å². The average molecular weight is 240 g/mol. The number of pyridine rings is 1. The predicted octanol–water partition coefficient (Wildman–Crippen LogP) is 2.41. The molecule has 0 spiro atoms. The molecule has 2 heterocycles. The molecule has 2 aromatic rings. The van der Waals surface area contributed by atoms with Gasteiger partial charge in [-0.1, -0.05) is 6.07 Å². The third-order valence-corrected chi connectivity index (χ3v) is 2.94. The van der Waals surface area contributed by atoms with Crippen LogP contribution in [0.4, 0.5) is 0 Å². The van der Waals surface area contributed by atoms with E-state index in [9.17, 15) is 0 Å². The average Bonchev–Trinajstić information content (AvgIpc) is 2.85. The summed E-state index contributed by atoms with van der Waals surface area (Å²) in [4.78, 5) is 0. The maximum Gasteiger partial charge on any atom is 0.231 e. The lowest BCUT2D eigenvalue weighted by molar-refractivity contribution is -0.673. The van der Waals surface area contributed by atoms with E-state index < -0.39 is 0 Å². The third kappa shape index (κ3) is 2.07. The zero-order chi connectivity index (χ0) is 12.4. The molecule has 0 saturated carbocycles. The first-order valence-electron chi connectivity index (χ1n) is 5.85. The van der Waals surface area contributed by atoms with Crippen LogP contribution in [0.3, 0.4) is 0 Å². The second kappa shape index (κ2) is 4.53. The van der Waals surface area contributed by atoms with Gasteiger partial charge in [-0.2, -0.15) is 0 Å². The van der Waals surface area contributed by atoms with Gasteiger partial charge in [0.15, 0.2) is 17.7 Å². The fourth-order valence-corrected chi connectivity index (χ4v) is 1.91. The molecule has 1 aromatic carbocycles. The molecule has 0 unspecified atom stereocenters. The van der Waals surface area contributed by atoms with E-state index in [1.165, 1.54) is 0 Å². The largest absolute Gasteiger partial charge is 0.454 e. The Kier molecular flexibility index (Phi) is 2.73. The highest BCUT2D eigenvalue weighted by molar-refractivity contribution is 5.68. The van der Waals surface area contributed by atoms with E-state index in [2.05, 4.69) is 22.8 Å². The lowest BCUT2D eigenvalue weighted by atomic mass is 10.1. The van der Waals surface area contributed by atoms with Gasteiger partial charge in [0.05, 0.1) is 0 Å². The SMILES string of the molecule is C[n+]1ccccc1/C=C\c1ccc2c(c1)OCO2. The van der Waals surface area contributed by atoms with Crippen LogP contribution in [0.5, 0.6) is 11.5 Å². The van der Waals surface area contributed by atoms with Gasteiger partial charge in [0.1, 0.15) is 7.05 Å². The van der Waals surface area contributed by atoms with Crippen molar-refractivity contribution in [2.24, 2.45) is 7.05 Å². The van der Waals surface area contributed by atoms with Crippen LogP contribution < -0.4 is 14.0 Å². The quantitative estimate of drug-likeness (QED) is 0.752. The topological polar surface area (TPSA) is 22.3 Å². The van der Waals surface area contributed by atoms with E-state index in [-0.39, 0.29) is 0 Å². The van der Waals surface area contributed by atoms with Gasteiger partial charge in [-0.25, -0.2) is 4.57 Å². The fraction of sp³-hybridized carbons (Fsp3) is 0.133. The fourth-order valence-electron chi connectivity index (χ4n) is 1.91. The summed E-state index contributed by atoms with van der Waals surface area (Å²) >= 11 is 0. The molecule has 90 valence electrons. The van der Waals surface area contributed by atoms with Crippen molar-refractivity contribution in [3.05, 3.63) is 53.9 Å². The number of hydrogen-bond donors (Lipinski definition) is 0. The van der Waals surface area contributed by atoms with Crippen LogP contribution in [-0.2, 0) is 7.05 Å². The maximum atomic E-state index is 5.35. The smallest absolute Gasteiger partial charge is 0.231 e. The van der Waals surface area contributed by atoms with Gasteiger partial charge in [-0.05, 0) is 29.8 Å². The first-order valence-corrected chi connectivity index (χ1v) is 5.85. The number of aromatic nitrogens is 1. The Bertz CT molecular complexity index is 605. The molecule has 0 N–H and O–H groups in total. The highest BCUT2D eigenvalue weighted by Crippen LogP contribution is 2.32. The van der Waals surface area contributed by atoms with Crippen LogP contribution >= 0.6 is 0 Å². The molecule has 0 saturated heterocycles. The Morgan fingerprint density at radius 2 is 1.94 bits per heavy atom. The molecule has 0 atom stereocenters. The minimum atomic E-state index is 0.316. The lowest BCUT2D eigenvalue weighted by Crippen LogP contribution is -2.30. The molecular formula is C15H14NO2+. The lowest BCUT2D eigenvalue weighted by Gasteiger charge is -1.97. The van der Waals surface area contributed by atoms with Crippen molar-refractivity contribution in [1.29, 1.82) is 0 Å². The van der Waals surface area contributed by atoms with Crippen LogP contribution in [0.1, 0.15) is 11.3 Å². The number of fused-ring (bicyclic) bond motifs is 1. The van der Waals surface area contributed by atoms with Crippen LogP contribution in [0.25, 0.3) is 12.2 Å². The van der Waals surface area contributed by atoms with Crippen molar-refractivity contribution in [3.63, 3.8) is 0 Å². The summed E-state index contributed by atoms with van der Waals surface area (Å²) in [6, 6.07) is 12.1. The van der Waals surface area contributed by atoms with Crippen LogP contribution in [0.15, 0.2) is 42.6 Å². The molecule has 1 aliphatic rings. The second-order valence-corrected chi connectivity index (χ2v) is 4.18. The standard InChI is InChI=1S/C15H14NO2/c1-16-9-3-2-4-13(16)7-5-12-6-8-14-15(10-12)18-11-17-14/h2-10H,11H2,1H3/q+1/b7-5-. The van der Waals surface area contributed by atoms with Crippen molar-refractivity contribution in [2.45, 2.75) is 0 Å². The Balaban J connectivity index is 1.87. The molecule has 0 radical (unpaired) electrons. The summed E-state index contributed by atoms with van der Waals surface area (Å²) in [5, 5.41) is 0. The zero-order valence-electron chi connectivity index (χ0n) is 10.2. The summed E-state index contributed by atoms with van der Waals surface area (Å²) in [5.74, 6) is 1.63. The highest BCUT2D eigenvalue weighted by Gasteiger charge is 2.12. The first-order chi connectivity index (χ1) is 8.83. The predicted molar refractivity (Wildman–Crippen MR) is 69.1 cm³/mol. The number of ether oxygens (including phenoxy) is 2. The van der Waals surface area contributed by atoms with Gasteiger partial charge in [0.25, 0.3) is 0 Å². The molecule has 0 fully saturated rings. The van der Waals surface area contributed by atoms with E-state index >= 15 is 0 Å². The highest BCUT2D eigenvalue weighted by atomic mass is 16.7. The Hall–Kier alpha value is -2.29. The van der Waals surface area contributed by atoms with Crippen molar-refractivity contribution in [2.75, 3.05) is 6.79 Å². The Labute approximate surface area is 106 Å². The van der Waals surface area contributed by atoms with Gasteiger partial charge in [-0.15, -0.1) is 0 Å². The molecule has 18 heavy (non-hydrogen) atoms. The summed E-state index contributed by atoms with van der Waals surface area (Å²) in [7, 11) is 2.03. The molecule has 0 amide bonds. The minimum absolute atomic E-state index is 0.316. The molecule has 3 nitrogen and oxygen atoms in total. The van der Waals surface area contributed by atoms with Gasteiger partial charge in [0.2, 0.25) is 12.5 Å². The van der Waals surface area contributed by atoms with Crippen molar-refractivity contribution >= 4 is 12.2 Å². The first kappa shape index (κ1) is 10.8. The third-order valence-electron chi connectivity index (χ3n) is 2.94. The number of nitrogens with zero attached hydrogens (tertiary/aromatic N) is 1. The van der Waals surface area contributed by atoms with Gasteiger partial charge < -0.3 is 9.47 Å². The Morgan fingerprint density at radius 1 is 1.06 bits per heavy atom. The molecule has 1 aliphatic heterocycles. The van der Waals surface area contributed by atoms with Gasteiger partial charge in [-0.3, -0.25) is 0 Å².